The van der Waals surface area contributed by atoms with Gasteiger partial charge in [0, 0.05) is 30.8 Å². The number of aromatic nitrogens is 2. The van der Waals surface area contributed by atoms with Crippen LogP contribution in [0.1, 0.15) is 5.69 Å². The normalized spacial score (nSPS) is 8.69. The molecule has 0 fully saturated rings. The van der Waals surface area contributed by atoms with E-state index < -0.39 is 0 Å². The van der Waals surface area contributed by atoms with E-state index in [9.17, 15) is 0 Å². The lowest BCUT2D eigenvalue weighted by atomic mass is 10.4. The number of rotatable bonds is 1. The average molecular weight is 175 g/mol. The highest BCUT2D eigenvalue weighted by Gasteiger charge is 1.81. The van der Waals surface area contributed by atoms with Crippen molar-refractivity contribution in [3.8, 4) is 0 Å². The van der Waals surface area contributed by atoms with Crippen LogP contribution in [0.5, 0.6) is 0 Å². The summed E-state index contributed by atoms with van der Waals surface area (Å²) in [5.41, 5.74) is 6.35. The average Bonchev–Trinajstić information content (AvgIpc) is 2.74. The van der Waals surface area contributed by atoms with Gasteiger partial charge in [0.05, 0.1) is 0 Å². The molecular formula is C10H13N3. The quantitative estimate of drug-likeness (QED) is 0.691. The number of pyridine rings is 1. The van der Waals surface area contributed by atoms with Crippen molar-refractivity contribution in [1.29, 1.82) is 0 Å². The highest BCUT2D eigenvalue weighted by Crippen LogP contribution is 1.88. The summed E-state index contributed by atoms with van der Waals surface area (Å²) in [6, 6.07) is 9.61. The minimum Gasteiger partial charge on any atom is -0.364 e. The van der Waals surface area contributed by atoms with E-state index in [0.717, 1.165) is 5.69 Å². The smallest absolute Gasteiger partial charge is 0.0332 e. The molecule has 0 unspecified atom stereocenters. The fourth-order valence-electron chi connectivity index (χ4n) is 0.807. The molecule has 2 heterocycles. The molecular weight excluding hydrogens is 162 g/mol. The molecule has 0 spiro atoms. The highest BCUT2D eigenvalue weighted by atomic mass is 14.7. The second-order valence-corrected chi connectivity index (χ2v) is 2.42. The Kier molecular flexibility index (Phi) is 4.35. The van der Waals surface area contributed by atoms with Crippen molar-refractivity contribution in [1.82, 2.24) is 9.97 Å². The monoisotopic (exact) mass is 175 g/mol. The summed E-state index contributed by atoms with van der Waals surface area (Å²) in [4.78, 5) is 6.75. The number of nitrogens with two attached hydrogens (primary N) is 1. The van der Waals surface area contributed by atoms with E-state index in [0.29, 0.717) is 6.54 Å². The lowest BCUT2D eigenvalue weighted by Crippen LogP contribution is -1.94. The predicted octanol–water partition coefficient (Wildman–Crippen LogP) is 1.56. The Bertz CT molecular complexity index is 262. The second kappa shape index (κ2) is 5.97. The Morgan fingerprint density at radius 3 is 2.15 bits per heavy atom. The maximum absolute atomic E-state index is 5.26. The van der Waals surface area contributed by atoms with Crippen molar-refractivity contribution < 1.29 is 0 Å². The van der Waals surface area contributed by atoms with Crippen LogP contribution >= 0.6 is 0 Å². The summed E-state index contributed by atoms with van der Waals surface area (Å²) in [6.07, 6.45) is 5.36. The number of H-pyrrole nitrogens is 1. The first-order chi connectivity index (χ1) is 6.43. The molecule has 0 atom stereocenters. The standard InChI is InChI=1S/C5H8N2.C5H5N/c6-4-5-2-1-3-7-5;1-2-4-6-5-3-1/h1-3,7H,4,6H2;1-5H. The largest absolute Gasteiger partial charge is 0.364 e. The van der Waals surface area contributed by atoms with E-state index in [2.05, 4.69) is 9.97 Å². The van der Waals surface area contributed by atoms with E-state index in [1.165, 1.54) is 0 Å². The zero-order valence-corrected chi connectivity index (χ0v) is 7.35. The molecule has 2 aromatic heterocycles. The van der Waals surface area contributed by atoms with E-state index >= 15 is 0 Å². The zero-order chi connectivity index (χ0) is 9.36. The summed E-state index contributed by atoms with van der Waals surface area (Å²) in [7, 11) is 0. The van der Waals surface area contributed by atoms with Gasteiger partial charge in [0.15, 0.2) is 0 Å². The van der Waals surface area contributed by atoms with Gasteiger partial charge in [-0.15, -0.1) is 0 Å². The Balaban J connectivity index is 0.000000132. The highest BCUT2D eigenvalue weighted by molar-refractivity contribution is 5.02. The number of aromatic amines is 1. The van der Waals surface area contributed by atoms with Crippen LogP contribution in [0, 0.1) is 0 Å². The van der Waals surface area contributed by atoms with Crippen LogP contribution in [-0.4, -0.2) is 9.97 Å². The van der Waals surface area contributed by atoms with E-state index in [4.69, 9.17) is 5.73 Å². The second-order valence-electron chi connectivity index (χ2n) is 2.42. The summed E-state index contributed by atoms with van der Waals surface area (Å²) in [5, 5.41) is 0. The number of hydrogen-bond donors (Lipinski definition) is 2. The van der Waals surface area contributed by atoms with Gasteiger partial charge in [-0.2, -0.15) is 0 Å². The number of nitrogens with one attached hydrogen (secondary N) is 1. The third-order valence-corrected chi connectivity index (χ3v) is 1.45. The van der Waals surface area contributed by atoms with Gasteiger partial charge in [0.1, 0.15) is 0 Å². The van der Waals surface area contributed by atoms with Crippen LogP contribution in [0.2, 0.25) is 0 Å². The van der Waals surface area contributed by atoms with Crippen molar-refractivity contribution in [3.63, 3.8) is 0 Å². The topological polar surface area (TPSA) is 54.7 Å². The SMILES string of the molecule is NCc1ccc[nH]1.c1ccncc1. The Morgan fingerprint density at radius 2 is 1.92 bits per heavy atom. The van der Waals surface area contributed by atoms with Crippen molar-refractivity contribution in [2.75, 3.05) is 0 Å². The van der Waals surface area contributed by atoms with Gasteiger partial charge in [-0.1, -0.05) is 6.07 Å². The zero-order valence-electron chi connectivity index (χ0n) is 7.35. The molecule has 0 bridgehead atoms. The molecule has 0 aromatic carbocycles. The first-order valence-electron chi connectivity index (χ1n) is 4.11. The molecule has 3 heteroatoms. The van der Waals surface area contributed by atoms with Crippen LogP contribution in [-0.2, 0) is 6.54 Å². The molecule has 0 aliphatic carbocycles. The van der Waals surface area contributed by atoms with Crippen molar-refractivity contribution in [3.05, 3.63) is 54.6 Å². The van der Waals surface area contributed by atoms with E-state index in [1.54, 1.807) is 12.4 Å². The molecule has 68 valence electrons. The van der Waals surface area contributed by atoms with Gasteiger partial charge in [-0.05, 0) is 24.3 Å². The van der Waals surface area contributed by atoms with Gasteiger partial charge in [-0.3, -0.25) is 4.98 Å². The van der Waals surface area contributed by atoms with Crippen molar-refractivity contribution >= 4 is 0 Å². The molecule has 0 aliphatic rings. The first-order valence-corrected chi connectivity index (χ1v) is 4.11. The molecule has 0 saturated heterocycles. The minimum atomic E-state index is 0.604. The van der Waals surface area contributed by atoms with Crippen molar-refractivity contribution in [2.45, 2.75) is 6.54 Å². The fraction of sp³-hybridized carbons (Fsp3) is 0.100. The van der Waals surface area contributed by atoms with Gasteiger partial charge in [0.25, 0.3) is 0 Å². The Morgan fingerprint density at radius 1 is 1.15 bits per heavy atom. The summed E-state index contributed by atoms with van der Waals surface area (Å²) >= 11 is 0. The lowest BCUT2D eigenvalue weighted by molar-refractivity contribution is 1.01. The molecule has 2 aromatic rings. The van der Waals surface area contributed by atoms with Gasteiger partial charge < -0.3 is 10.7 Å². The van der Waals surface area contributed by atoms with Crippen LogP contribution in [0.4, 0.5) is 0 Å². The van der Waals surface area contributed by atoms with E-state index in [-0.39, 0.29) is 0 Å². The van der Waals surface area contributed by atoms with Crippen LogP contribution in [0.25, 0.3) is 0 Å². The van der Waals surface area contributed by atoms with Gasteiger partial charge >= 0.3 is 0 Å². The summed E-state index contributed by atoms with van der Waals surface area (Å²) in [5.74, 6) is 0. The molecule has 0 aliphatic heterocycles. The third-order valence-electron chi connectivity index (χ3n) is 1.45. The molecule has 3 N–H and O–H groups in total. The Labute approximate surface area is 77.6 Å². The maximum atomic E-state index is 5.26. The third kappa shape index (κ3) is 4.08. The van der Waals surface area contributed by atoms with Crippen molar-refractivity contribution in [2.24, 2.45) is 5.73 Å². The van der Waals surface area contributed by atoms with Crippen LogP contribution in [0.3, 0.4) is 0 Å². The van der Waals surface area contributed by atoms with Crippen LogP contribution in [0.15, 0.2) is 48.9 Å². The molecule has 13 heavy (non-hydrogen) atoms. The molecule has 0 radical (unpaired) electrons. The lowest BCUT2D eigenvalue weighted by Gasteiger charge is -1.82. The maximum Gasteiger partial charge on any atom is 0.0332 e. The minimum absolute atomic E-state index is 0.604. The molecule has 0 amide bonds. The fourth-order valence-corrected chi connectivity index (χ4v) is 0.807. The van der Waals surface area contributed by atoms with Gasteiger partial charge in [-0.25, -0.2) is 0 Å². The first kappa shape index (κ1) is 9.48. The summed E-state index contributed by atoms with van der Waals surface area (Å²) in [6.45, 7) is 0.604. The van der Waals surface area contributed by atoms with Gasteiger partial charge in [0.2, 0.25) is 0 Å². The molecule has 3 nitrogen and oxygen atoms in total. The van der Waals surface area contributed by atoms with E-state index in [1.807, 2.05) is 36.5 Å². The molecule has 2 rings (SSSR count). The van der Waals surface area contributed by atoms with Crippen LogP contribution < -0.4 is 5.73 Å². The predicted molar refractivity (Wildman–Crippen MR) is 52.9 cm³/mol. The number of hydrogen-bond acceptors (Lipinski definition) is 2. The number of nitrogens with zero attached hydrogens (tertiary/aromatic N) is 1. The molecule has 0 saturated carbocycles. The Hall–Kier alpha value is -1.61. The summed E-state index contributed by atoms with van der Waals surface area (Å²) < 4.78 is 0.